The van der Waals surface area contributed by atoms with Crippen molar-refractivity contribution in [2.24, 2.45) is 0 Å². The highest BCUT2D eigenvalue weighted by Crippen LogP contribution is 2.33. The SMILES string of the molecule is Cc1ncc(-c2ccncc2)c([C@@H]2CCCN(C(=O)[C@H]3CCCO3)C2)n1. The van der Waals surface area contributed by atoms with Gasteiger partial charge in [-0.2, -0.15) is 0 Å². The van der Waals surface area contributed by atoms with Crippen LogP contribution in [0.15, 0.2) is 30.7 Å². The van der Waals surface area contributed by atoms with Crippen LogP contribution in [0.4, 0.5) is 0 Å². The number of piperidine rings is 1. The van der Waals surface area contributed by atoms with E-state index in [-0.39, 0.29) is 17.9 Å². The first-order valence-electron chi connectivity index (χ1n) is 9.36. The van der Waals surface area contributed by atoms with E-state index in [9.17, 15) is 4.79 Å². The highest BCUT2D eigenvalue weighted by Gasteiger charge is 2.33. The zero-order valence-corrected chi connectivity index (χ0v) is 15.1. The quantitative estimate of drug-likeness (QED) is 0.850. The average Bonchev–Trinajstić information content (AvgIpc) is 3.23. The average molecular weight is 352 g/mol. The second kappa shape index (κ2) is 7.50. The summed E-state index contributed by atoms with van der Waals surface area (Å²) in [4.78, 5) is 28.0. The Morgan fingerprint density at radius 2 is 2.08 bits per heavy atom. The molecule has 0 aromatic carbocycles. The lowest BCUT2D eigenvalue weighted by atomic mass is 9.90. The molecule has 0 N–H and O–H groups in total. The van der Waals surface area contributed by atoms with Crippen molar-refractivity contribution in [3.05, 3.63) is 42.2 Å². The minimum Gasteiger partial charge on any atom is -0.368 e. The zero-order chi connectivity index (χ0) is 17.9. The van der Waals surface area contributed by atoms with Crippen LogP contribution in [-0.4, -0.2) is 51.6 Å². The fourth-order valence-corrected chi connectivity index (χ4v) is 3.93. The number of nitrogens with zero attached hydrogens (tertiary/aromatic N) is 4. The minimum atomic E-state index is -0.249. The van der Waals surface area contributed by atoms with Crippen LogP contribution in [0.1, 0.15) is 43.1 Å². The highest BCUT2D eigenvalue weighted by molar-refractivity contribution is 5.81. The van der Waals surface area contributed by atoms with Gasteiger partial charge in [-0.3, -0.25) is 9.78 Å². The number of carbonyl (C=O) groups excluding carboxylic acids is 1. The Morgan fingerprint density at radius 3 is 2.85 bits per heavy atom. The van der Waals surface area contributed by atoms with Gasteiger partial charge in [0.05, 0.1) is 5.69 Å². The Kier molecular flexibility index (Phi) is 4.93. The van der Waals surface area contributed by atoms with E-state index >= 15 is 0 Å². The lowest BCUT2D eigenvalue weighted by molar-refractivity contribution is -0.142. The number of likely N-dealkylation sites (tertiary alicyclic amines) is 1. The van der Waals surface area contributed by atoms with E-state index < -0.39 is 0 Å². The van der Waals surface area contributed by atoms with Gasteiger partial charge in [-0.15, -0.1) is 0 Å². The Hall–Kier alpha value is -2.34. The first kappa shape index (κ1) is 17.1. The van der Waals surface area contributed by atoms with E-state index in [1.165, 1.54) is 0 Å². The number of aryl methyl sites for hydroxylation is 1. The molecule has 26 heavy (non-hydrogen) atoms. The first-order chi connectivity index (χ1) is 12.7. The fourth-order valence-electron chi connectivity index (χ4n) is 3.93. The van der Waals surface area contributed by atoms with Gasteiger partial charge in [0.1, 0.15) is 11.9 Å². The smallest absolute Gasteiger partial charge is 0.251 e. The molecule has 4 heterocycles. The van der Waals surface area contributed by atoms with Gasteiger partial charge in [-0.25, -0.2) is 9.97 Å². The first-order valence-corrected chi connectivity index (χ1v) is 9.36. The molecule has 0 aliphatic carbocycles. The maximum Gasteiger partial charge on any atom is 0.251 e. The molecule has 2 saturated heterocycles. The van der Waals surface area contributed by atoms with Crippen LogP contribution < -0.4 is 0 Å². The second-order valence-corrected chi connectivity index (χ2v) is 7.08. The summed E-state index contributed by atoms with van der Waals surface area (Å²) >= 11 is 0. The van der Waals surface area contributed by atoms with Crippen LogP contribution >= 0.6 is 0 Å². The van der Waals surface area contributed by atoms with Crippen LogP contribution in [-0.2, 0) is 9.53 Å². The summed E-state index contributed by atoms with van der Waals surface area (Å²) < 4.78 is 5.60. The standard InChI is InChI=1S/C20H24N4O2/c1-14-22-12-17(15-6-8-21-9-7-15)19(23-14)16-4-2-10-24(13-16)20(25)18-5-3-11-26-18/h6-9,12,16,18H,2-5,10-11,13H2,1H3/t16-,18-/m1/s1. The molecular weight excluding hydrogens is 328 g/mol. The number of hydrogen-bond acceptors (Lipinski definition) is 5. The van der Waals surface area contributed by atoms with Crippen molar-refractivity contribution >= 4 is 5.91 Å². The van der Waals surface area contributed by atoms with E-state index in [1.54, 1.807) is 12.4 Å². The molecule has 6 heteroatoms. The Balaban J connectivity index is 1.60. The largest absolute Gasteiger partial charge is 0.368 e. The molecule has 0 radical (unpaired) electrons. The molecule has 4 rings (SSSR count). The molecule has 2 aliphatic heterocycles. The number of rotatable bonds is 3. The molecule has 2 aromatic rings. The van der Waals surface area contributed by atoms with Gasteiger partial charge >= 0.3 is 0 Å². The molecule has 1 amide bonds. The molecule has 2 aromatic heterocycles. The van der Waals surface area contributed by atoms with E-state index in [4.69, 9.17) is 9.72 Å². The normalized spacial score (nSPS) is 23.2. The molecule has 0 spiro atoms. The molecular formula is C20H24N4O2. The van der Waals surface area contributed by atoms with Crippen LogP contribution in [0.3, 0.4) is 0 Å². The summed E-state index contributed by atoms with van der Waals surface area (Å²) in [5.74, 6) is 1.13. The lowest BCUT2D eigenvalue weighted by Crippen LogP contribution is -2.44. The maximum atomic E-state index is 12.8. The van der Waals surface area contributed by atoms with Crippen molar-refractivity contribution < 1.29 is 9.53 Å². The van der Waals surface area contributed by atoms with E-state index in [0.29, 0.717) is 13.2 Å². The van der Waals surface area contributed by atoms with Crippen molar-refractivity contribution in [3.8, 4) is 11.1 Å². The molecule has 2 fully saturated rings. The number of ether oxygens (including phenoxy) is 1. The van der Waals surface area contributed by atoms with E-state index in [0.717, 1.165) is 54.9 Å². The molecule has 6 nitrogen and oxygen atoms in total. The summed E-state index contributed by atoms with van der Waals surface area (Å²) in [6.45, 7) is 4.12. The van der Waals surface area contributed by atoms with Gasteiger partial charge in [0.25, 0.3) is 5.91 Å². The Bertz CT molecular complexity index is 775. The van der Waals surface area contributed by atoms with Gasteiger partial charge in [0.15, 0.2) is 0 Å². The summed E-state index contributed by atoms with van der Waals surface area (Å²) in [6, 6.07) is 3.96. The number of amides is 1. The molecule has 0 unspecified atom stereocenters. The third-order valence-electron chi connectivity index (χ3n) is 5.25. The van der Waals surface area contributed by atoms with Crippen molar-refractivity contribution in [2.45, 2.75) is 44.6 Å². The predicted molar refractivity (Wildman–Crippen MR) is 97.5 cm³/mol. The molecule has 0 bridgehead atoms. The molecule has 2 atom stereocenters. The van der Waals surface area contributed by atoms with Crippen molar-refractivity contribution in [1.29, 1.82) is 0 Å². The van der Waals surface area contributed by atoms with Gasteiger partial charge in [-0.1, -0.05) is 0 Å². The van der Waals surface area contributed by atoms with E-state index in [2.05, 4.69) is 9.97 Å². The highest BCUT2D eigenvalue weighted by atomic mass is 16.5. The Labute approximate surface area is 153 Å². The van der Waals surface area contributed by atoms with Gasteiger partial charge in [0.2, 0.25) is 0 Å². The summed E-state index contributed by atoms with van der Waals surface area (Å²) in [7, 11) is 0. The van der Waals surface area contributed by atoms with Gasteiger partial charge in [-0.05, 0) is 50.3 Å². The van der Waals surface area contributed by atoms with E-state index in [1.807, 2.05) is 30.2 Å². The molecule has 0 saturated carbocycles. The molecule has 136 valence electrons. The summed E-state index contributed by atoms with van der Waals surface area (Å²) in [6.07, 6.45) is 9.06. The summed E-state index contributed by atoms with van der Waals surface area (Å²) in [5.41, 5.74) is 3.14. The lowest BCUT2D eigenvalue weighted by Gasteiger charge is -2.34. The zero-order valence-electron chi connectivity index (χ0n) is 15.1. The topological polar surface area (TPSA) is 68.2 Å². The van der Waals surface area contributed by atoms with Crippen molar-refractivity contribution in [2.75, 3.05) is 19.7 Å². The third kappa shape index (κ3) is 3.46. The Morgan fingerprint density at radius 1 is 1.23 bits per heavy atom. The van der Waals surface area contributed by atoms with Gasteiger partial charge in [0, 0.05) is 49.8 Å². The molecule has 2 aliphatic rings. The number of aromatic nitrogens is 3. The fraction of sp³-hybridized carbons (Fsp3) is 0.500. The number of carbonyl (C=O) groups is 1. The van der Waals surface area contributed by atoms with Crippen LogP contribution in [0, 0.1) is 6.92 Å². The van der Waals surface area contributed by atoms with Crippen LogP contribution in [0.5, 0.6) is 0 Å². The van der Waals surface area contributed by atoms with Crippen LogP contribution in [0.2, 0.25) is 0 Å². The minimum absolute atomic E-state index is 0.142. The van der Waals surface area contributed by atoms with Crippen molar-refractivity contribution in [3.63, 3.8) is 0 Å². The van der Waals surface area contributed by atoms with Gasteiger partial charge < -0.3 is 9.64 Å². The number of pyridine rings is 1. The maximum absolute atomic E-state index is 12.8. The van der Waals surface area contributed by atoms with Crippen molar-refractivity contribution in [1.82, 2.24) is 19.9 Å². The van der Waals surface area contributed by atoms with Crippen LogP contribution in [0.25, 0.3) is 11.1 Å². The number of hydrogen-bond donors (Lipinski definition) is 0. The predicted octanol–water partition coefficient (Wildman–Crippen LogP) is 2.73. The monoisotopic (exact) mass is 352 g/mol. The second-order valence-electron chi connectivity index (χ2n) is 7.08. The summed E-state index contributed by atoms with van der Waals surface area (Å²) in [5, 5.41) is 0. The third-order valence-corrected chi connectivity index (χ3v) is 5.25.